The number of hydrogen-bond donors (Lipinski definition) is 1. The maximum Gasteiger partial charge on any atom is 0.377 e. The van der Waals surface area contributed by atoms with E-state index in [9.17, 15) is 14.4 Å². The van der Waals surface area contributed by atoms with Crippen LogP contribution in [0.25, 0.3) is 11.3 Å². The summed E-state index contributed by atoms with van der Waals surface area (Å²) in [6, 6.07) is 6.27. The fourth-order valence-electron chi connectivity index (χ4n) is 1.78. The number of hydrogen-bond acceptors (Lipinski definition) is 4. The van der Waals surface area contributed by atoms with Gasteiger partial charge in [0.2, 0.25) is 0 Å². The molecule has 0 fully saturated rings. The quantitative estimate of drug-likeness (QED) is 0.526. The molecular formula is C14H9BrO5. The van der Waals surface area contributed by atoms with E-state index < -0.39 is 11.8 Å². The molecule has 0 spiro atoms. The van der Waals surface area contributed by atoms with Crippen LogP contribution in [0.3, 0.4) is 0 Å². The van der Waals surface area contributed by atoms with Gasteiger partial charge in [-0.2, -0.15) is 0 Å². The summed E-state index contributed by atoms with van der Waals surface area (Å²) in [6.45, 7) is 1.74. The molecule has 1 aromatic carbocycles. The highest BCUT2D eigenvalue weighted by atomic mass is 79.9. The van der Waals surface area contributed by atoms with Crippen LogP contribution in [0.1, 0.15) is 26.5 Å². The minimum atomic E-state index is -1.56. The Morgan fingerprint density at radius 1 is 1.25 bits per heavy atom. The van der Waals surface area contributed by atoms with Crippen molar-refractivity contribution in [1.82, 2.24) is 0 Å². The summed E-state index contributed by atoms with van der Waals surface area (Å²) in [5, 5.41) is 8.92. The molecule has 0 amide bonds. The lowest BCUT2D eigenvalue weighted by atomic mass is 9.99. The molecule has 1 aromatic heterocycles. The van der Waals surface area contributed by atoms with Crippen molar-refractivity contribution in [2.24, 2.45) is 0 Å². The number of aryl methyl sites for hydroxylation is 1. The second-order valence-corrected chi connectivity index (χ2v) is 4.87. The first-order valence-electron chi connectivity index (χ1n) is 5.57. The van der Waals surface area contributed by atoms with Gasteiger partial charge < -0.3 is 9.52 Å². The molecule has 0 unspecified atom stereocenters. The van der Waals surface area contributed by atoms with E-state index in [1.165, 1.54) is 12.1 Å². The number of halogens is 1. The number of benzene rings is 1. The molecule has 2 aromatic rings. The monoisotopic (exact) mass is 336 g/mol. The van der Waals surface area contributed by atoms with E-state index in [2.05, 4.69) is 15.9 Å². The van der Waals surface area contributed by atoms with Gasteiger partial charge in [-0.3, -0.25) is 9.59 Å². The van der Waals surface area contributed by atoms with Crippen molar-refractivity contribution in [1.29, 1.82) is 0 Å². The summed E-state index contributed by atoms with van der Waals surface area (Å²) >= 11 is 3.23. The van der Waals surface area contributed by atoms with Crippen molar-refractivity contribution in [2.75, 3.05) is 0 Å². The number of carboxylic acid groups (broad SMARTS) is 1. The zero-order chi connectivity index (χ0) is 14.9. The predicted octanol–water partition coefficient (Wildman–Crippen LogP) is 3.10. The standard InChI is InChI=1S/C14H9BrO5/c1-7-2-4-9(10-5-3-8(6-16)20-10)11(12(7)15)13(17)14(18)19/h2-6H,1H3,(H,18,19). The Morgan fingerprint density at radius 3 is 2.50 bits per heavy atom. The Hall–Kier alpha value is -2.21. The molecule has 0 bridgehead atoms. The average molecular weight is 337 g/mol. The van der Waals surface area contributed by atoms with Gasteiger partial charge in [0.05, 0.1) is 5.56 Å². The van der Waals surface area contributed by atoms with Gasteiger partial charge in [-0.25, -0.2) is 4.79 Å². The molecule has 0 atom stereocenters. The zero-order valence-electron chi connectivity index (χ0n) is 10.3. The summed E-state index contributed by atoms with van der Waals surface area (Å²) in [5.41, 5.74) is 1.05. The number of carboxylic acids is 1. The lowest BCUT2D eigenvalue weighted by Gasteiger charge is -2.09. The topological polar surface area (TPSA) is 84.6 Å². The average Bonchev–Trinajstić information content (AvgIpc) is 2.89. The van der Waals surface area contributed by atoms with Crippen molar-refractivity contribution in [3.8, 4) is 11.3 Å². The molecule has 20 heavy (non-hydrogen) atoms. The molecule has 1 N–H and O–H groups in total. The Bertz CT molecular complexity index is 714. The molecule has 0 aliphatic rings. The summed E-state index contributed by atoms with van der Waals surface area (Å²) < 4.78 is 5.65. The number of aliphatic carboxylic acids is 1. The number of Topliss-reactive ketones (excluding diaryl/α,β-unsaturated/α-hetero) is 1. The van der Waals surface area contributed by atoms with Crippen LogP contribution in [0.2, 0.25) is 0 Å². The molecule has 0 aliphatic carbocycles. The van der Waals surface area contributed by atoms with Crippen LogP contribution >= 0.6 is 15.9 Å². The van der Waals surface area contributed by atoms with Crippen molar-refractivity contribution in [3.63, 3.8) is 0 Å². The number of carbonyl (C=O) groups is 3. The smallest absolute Gasteiger partial charge is 0.377 e. The van der Waals surface area contributed by atoms with E-state index in [1.54, 1.807) is 19.1 Å². The summed E-state index contributed by atoms with van der Waals surface area (Å²) in [6.07, 6.45) is 0.533. The van der Waals surface area contributed by atoms with Gasteiger partial charge in [-0.1, -0.05) is 12.1 Å². The summed E-state index contributed by atoms with van der Waals surface area (Å²) in [4.78, 5) is 33.4. The van der Waals surface area contributed by atoms with Gasteiger partial charge in [-0.15, -0.1) is 0 Å². The fourth-order valence-corrected chi connectivity index (χ4v) is 2.30. The SMILES string of the molecule is Cc1ccc(-c2ccc(C=O)o2)c(C(=O)C(=O)O)c1Br. The Kier molecular flexibility index (Phi) is 3.85. The van der Waals surface area contributed by atoms with E-state index >= 15 is 0 Å². The molecule has 2 rings (SSSR count). The van der Waals surface area contributed by atoms with Gasteiger partial charge >= 0.3 is 5.97 Å². The van der Waals surface area contributed by atoms with E-state index in [-0.39, 0.29) is 17.1 Å². The van der Waals surface area contributed by atoms with Crippen LogP contribution in [-0.2, 0) is 4.79 Å². The number of rotatable bonds is 4. The highest BCUT2D eigenvalue weighted by molar-refractivity contribution is 9.10. The normalized spacial score (nSPS) is 10.3. The van der Waals surface area contributed by atoms with Crippen molar-refractivity contribution in [3.05, 3.63) is 45.6 Å². The first-order chi connectivity index (χ1) is 9.45. The zero-order valence-corrected chi connectivity index (χ0v) is 11.9. The fraction of sp³-hybridized carbons (Fsp3) is 0.0714. The number of carbonyl (C=O) groups excluding carboxylic acids is 2. The Morgan fingerprint density at radius 2 is 1.95 bits per heavy atom. The van der Waals surface area contributed by atoms with E-state index in [0.29, 0.717) is 16.3 Å². The first-order valence-corrected chi connectivity index (χ1v) is 6.37. The van der Waals surface area contributed by atoms with Gasteiger partial charge in [0, 0.05) is 10.0 Å². The number of furan rings is 1. The second kappa shape index (κ2) is 5.42. The van der Waals surface area contributed by atoms with Crippen molar-refractivity contribution < 1.29 is 23.9 Å². The van der Waals surface area contributed by atoms with E-state index in [1.807, 2.05) is 0 Å². The van der Waals surface area contributed by atoms with Gasteiger partial charge in [-0.05, 0) is 40.5 Å². The molecule has 0 radical (unpaired) electrons. The third-order valence-electron chi connectivity index (χ3n) is 2.76. The number of aldehydes is 1. The molecular weight excluding hydrogens is 328 g/mol. The van der Waals surface area contributed by atoms with E-state index in [0.717, 1.165) is 5.56 Å². The van der Waals surface area contributed by atoms with Crippen LogP contribution in [-0.4, -0.2) is 23.1 Å². The van der Waals surface area contributed by atoms with Crippen molar-refractivity contribution >= 4 is 34.0 Å². The molecule has 1 heterocycles. The molecule has 0 aliphatic heterocycles. The van der Waals surface area contributed by atoms with Crippen LogP contribution in [0, 0.1) is 6.92 Å². The first kappa shape index (κ1) is 14.2. The van der Waals surface area contributed by atoms with E-state index in [4.69, 9.17) is 9.52 Å². The van der Waals surface area contributed by atoms with Gasteiger partial charge in [0.25, 0.3) is 5.78 Å². The third-order valence-corrected chi connectivity index (χ3v) is 3.79. The lowest BCUT2D eigenvalue weighted by Crippen LogP contribution is -2.15. The molecule has 102 valence electrons. The molecule has 5 nitrogen and oxygen atoms in total. The highest BCUT2D eigenvalue weighted by Gasteiger charge is 2.24. The number of ketones is 1. The molecule has 6 heteroatoms. The molecule has 0 saturated heterocycles. The maximum absolute atomic E-state index is 11.8. The summed E-state index contributed by atoms with van der Waals surface area (Å²) in [7, 11) is 0. The predicted molar refractivity (Wildman–Crippen MR) is 73.9 cm³/mol. The highest BCUT2D eigenvalue weighted by Crippen LogP contribution is 2.33. The second-order valence-electron chi connectivity index (χ2n) is 4.07. The van der Waals surface area contributed by atoms with Crippen molar-refractivity contribution in [2.45, 2.75) is 6.92 Å². The minimum Gasteiger partial charge on any atom is -0.475 e. The van der Waals surface area contributed by atoms with Crippen LogP contribution < -0.4 is 0 Å². The van der Waals surface area contributed by atoms with Gasteiger partial charge in [0.1, 0.15) is 5.76 Å². The maximum atomic E-state index is 11.8. The molecule has 0 saturated carbocycles. The Balaban J connectivity index is 2.69. The largest absolute Gasteiger partial charge is 0.475 e. The third kappa shape index (κ3) is 2.42. The lowest BCUT2D eigenvalue weighted by molar-refractivity contribution is -0.131. The van der Waals surface area contributed by atoms with Crippen LogP contribution in [0.4, 0.5) is 0 Å². The van der Waals surface area contributed by atoms with Crippen LogP contribution in [0.15, 0.2) is 33.2 Å². The summed E-state index contributed by atoms with van der Waals surface area (Å²) in [5.74, 6) is -2.23. The van der Waals surface area contributed by atoms with Gasteiger partial charge in [0.15, 0.2) is 12.0 Å². The Labute approximate surface area is 122 Å². The minimum absolute atomic E-state index is 0.00398. The van der Waals surface area contributed by atoms with Crippen LogP contribution in [0.5, 0.6) is 0 Å².